The molecule has 0 saturated heterocycles. The maximum atomic E-state index is 6.68. The van der Waals surface area contributed by atoms with Gasteiger partial charge in [-0.15, -0.1) is 23.2 Å². The van der Waals surface area contributed by atoms with Gasteiger partial charge in [-0.1, -0.05) is 79.0 Å². The molecule has 0 aliphatic heterocycles. The summed E-state index contributed by atoms with van der Waals surface area (Å²) in [5.74, 6) is 0.0634. The molecule has 2 aliphatic rings. The van der Waals surface area contributed by atoms with E-state index in [0.717, 1.165) is 12.8 Å². The number of hydrogen-bond donors (Lipinski definition) is 0. The largest absolute Gasteiger partial charge is 0.166 e. The van der Waals surface area contributed by atoms with Gasteiger partial charge in [0.2, 0.25) is 0 Å². The van der Waals surface area contributed by atoms with Crippen molar-refractivity contribution in [2.75, 3.05) is 0 Å². The first-order valence-electron chi connectivity index (χ1n) is 6.55. The standard InChI is InChI=1S/C13H16Cl6/c1-2-3-4-5-6-8-7-11(16)9(14)10(15)12(8,17)13(11,18)19/h8H,2-7H2,1H3/t8-,11-,12-/m0/s1. The first kappa shape index (κ1) is 16.8. The molecule has 0 N–H and O–H groups in total. The van der Waals surface area contributed by atoms with Gasteiger partial charge < -0.3 is 0 Å². The number of halogens is 6. The van der Waals surface area contributed by atoms with Crippen LogP contribution in [0.25, 0.3) is 0 Å². The zero-order valence-corrected chi connectivity index (χ0v) is 15.1. The highest BCUT2D eigenvalue weighted by molar-refractivity contribution is 6.65. The minimum Gasteiger partial charge on any atom is -0.110 e. The van der Waals surface area contributed by atoms with E-state index >= 15 is 0 Å². The molecule has 2 bridgehead atoms. The summed E-state index contributed by atoms with van der Waals surface area (Å²) in [5.41, 5.74) is 0. The van der Waals surface area contributed by atoms with E-state index in [1.165, 1.54) is 19.3 Å². The Labute approximate surface area is 144 Å². The molecular weight excluding hydrogens is 369 g/mol. The Bertz CT molecular complexity index is 404. The molecule has 0 radical (unpaired) electrons. The summed E-state index contributed by atoms with van der Waals surface area (Å²) in [6.45, 7) is 2.18. The maximum absolute atomic E-state index is 6.68. The van der Waals surface area contributed by atoms with E-state index in [9.17, 15) is 0 Å². The van der Waals surface area contributed by atoms with Gasteiger partial charge in [0.1, 0.15) is 9.75 Å². The van der Waals surface area contributed by atoms with Gasteiger partial charge in [-0.25, -0.2) is 0 Å². The van der Waals surface area contributed by atoms with Crippen molar-refractivity contribution < 1.29 is 0 Å². The highest BCUT2D eigenvalue weighted by atomic mass is 35.5. The van der Waals surface area contributed by atoms with E-state index in [1.54, 1.807) is 0 Å². The van der Waals surface area contributed by atoms with Gasteiger partial charge in [-0.05, 0) is 18.8 Å². The van der Waals surface area contributed by atoms with E-state index in [-0.39, 0.29) is 5.92 Å². The summed E-state index contributed by atoms with van der Waals surface area (Å²) < 4.78 is -1.35. The normalized spacial score (nSPS) is 40.3. The lowest BCUT2D eigenvalue weighted by molar-refractivity contribution is 0.409. The SMILES string of the molecule is CCCCCC[C@H]1C[C@]2(Cl)C(Cl)=C(Cl)[C@]1(Cl)C2(Cl)Cl. The maximum Gasteiger partial charge on any atom is 0.166 e. The molecule has 0 aromatic rings. The molecule has 110 valence electrons. The first-order valence-corrected chi connectivity index (χ1v) is 8.82. The summed E-state index contributed by atoms with van der Waals surface area (Å²) in [7, 11) is 0. The van der Waals surface area contributed by atoms with Crippen molar-refractivity contribution in [3.8, 4) is 0 Å². The molecule has 0 aromatic heterocycles. The quantitative estimate of drug-likeness (QED) is 0.360. The van der Waals surface area contributed by atoms with Crippen molar-refractivity contribution in [3.05, 3.63) is 10.1 Å². The van der Waals surface area contributed by atoms with Crippen LogP contribution in [-0.4, -0.2) is 14.1 Å². The molecule has 3 atom stereocenters. The molecule has 0 unspecified atom stereocenters. The summed E-state index contributed by atoms with van der Waals surface area (Å²) in [5, 5.41) is 0.628. The third-order valence-electron chi connectivity index (χ3n) is 4.31. The number of rotatable bonds is 5. The molecule has 2 aliphatic carbocycles. The average molecular weight is 385 g/mol. The minimum absolute atomic E-state index is 0.0634. The second kappa shape index (κ2) is 5.60. The number of allylic oxidation sites excluding steroid dienone is 2. The third-order valence-corrected chi connectivity index (χ3v) is 8.64. The van der Waals surface area contributed by atoms with Crippen molar-refractivity contribution in [1.82, 2.24) is 0 Å². The topological polar surface area (TPSA) is 0 Å². The Morgan fingerprint density at radius 3 is 2.11 bits per heavy atom. The Kier molecular flexibility index (Phi) is 4.96. The van der Waals surface area contributed by atoms with Crippen LogP contribution in [0.3, 0.4) is 0 Å². The van der Waals surface area contributed by atoms with Crippen LogP contribution >= 0.6 is 69.6 Å². The van der Waals surface area contributed by atoms with Crippen molar-refractivity contribution in [2.24, 2.45) is 5.92 Å². The third kappa shape index (κ3) is 2.16. The average Bonchev–Trinajstić information content (AvgIpc) is 2.57. The first-order chi connectivity index (χ1) is 8.73. The molecule has 1 fully saturated rings. The molecule has 19 heavy (non-hydrogen) atoms. The zero-order valence-electron chi connectivity index (χ0n) is 10.6. The molecular formula is C13H16Cl6. The Hall–Kier alpha value is 1.48. The van der Waals surface area contributed by atoms with E-state index < -0.39 is 14.1 Å². The van der Waals surface area contributed by atoms with Gasteiger partial charge in [0.25, 0.3) is 0 Å². The summed E-state index contributed by atoms with van der Waals surface area (Å²) in [4.78, 5) is -2.10. The predicted octanol–water partition coefficient (Wildman–Crippen LogP) is 6.81. The van der Waals surface area contributed by atoms with Crippen LogP contribution in [0.5, 0.6) is 0 Å². The molecule has 0 spiro atoms. The second-order valence-corrected chi connectivity index (χ2v) is 8.79. The number of hydrogen-bond acceptors (Lipinski definition) is 0. The van der Waals surface area contributed by atoms with Gasteiger partial charge in [0, 0.05) is 0 Å². The fraction of sp³-hybridized carbons (Fsp3) is 0.846. The zero-order chi connectivity index (χ0) is 14.5. The number of fused-ring (bicyclic) bond motifs is 2. The fourth-order valence-corrected chi connectivity index (χ4v) is 6.03. The van der Waals surface area contributed by atoms with Gasteiger partial charge in [-0.2, -0.15) is 0 Å². The Balaban J connectivity index is 2.19. The van der Waals surface area contributed by atoms with Crippen LogP contribution in [0.1, 0.15) is 45.4 Å². The molecule has 0 nitrogen and oxygen atoms in total. The van der Waals surface area contributed by atoms with Crippen molar-refractivity contribution in [1.29, 1.82) is 0 Å². The van der Waals surface area contributed by atoms with Crippen LogP contribution in [0, 0.1) is 5.92 Å². The highest BCUT2D eigenvalue weighted by Crippen LogP contribution is 2.74. The van der Waals surface area contributed by atoms with Crippen LogP contribution in [-0.2, 0) is 0 Å². The van der Waals surface area contributed by atoms with Gasteiger partial charge in [0.15, 0.2) is 4.33 Å². The lowest BCUT2D eigenvalue weighted by Crippen LogP contribution is -2.44. The fourth-order valence-electron chi connectivity index (χ4n) is 3.15. The minimum atomic E-state index is -1.35. The van der Waals surface area contributed by atoms with Crippen molar-refractivity contribution in [3.63, 3.8) is 0 Å². The van der Waals surface area contributed by atoms with Crippen molar-refractivity contribution >= 4 is 69.6 Å². The molecule has 2 rings (SSSR count). The van der Waals surface area contributed by atoms with E-state index in [0.29, 0.717) is 16.5 Å². The Morgan fingerprint density at radius 1 is 1.00 bits per heavy atom. The summed E-state index contributed by atoms with van der Waals surface area (Å²) >= 11 is 38.5. The van der Waals surface area contributed by atoms with Gasteiger partial charge >= 0.3 is 0 Å². The monoisotopic (exact) mass is 382 g/mol. The van der Waals surface area contributed by atoms with Crippen LogP contribution < -0.4 is 0 Å². The van der Waals surface area contributed by atoms with E-state index in [2.05, 4.69) is 6.92 Å². The van der Waals surface area contributed by atoms with E-state index in [1.807, 2.05) is 0 Å². The van der Waals surface area contributed by atoms with Crippen LogP contribution in [0.4, 0.5) is 0 Å². The molecule has 6 heteroatoms. The lowest BCUT2D eigenvalue weighted by Gasteiger charge is -2.33. The summed E-state index contributed by atoms with van der Waals surface area (Å²) in [6, 6.07) is 0. The van der Waals surface area contributed by atoms with Gasteiger partial charge in [-0.3, -0.25) is 0 Å². The van der Waals surface area contributed by atoms with Crippen LogP contribution in [0.15, 0.2) is 10.1 Å². The van der Waals surface area contributed by atoms with Crippen molar-refractivity contribution in [2.45, 2.75) is 59.5 Å². The smallest absolute Gasteiger partial charge is 0.110 e. The second-order valence-electron chi connectivity index (χ2n) is 5.47. The van der Waals surface area contributed by atoms with Crippen LogP contribution in [0.2, 0.25) is 0 Å². The molecule has 0 heterocycles. The molecule has 0 aromatic carbocycles. The molecule has 0 amide bonds. The number of unbranched alkanes of at least 4 members (excludes halogenated alkanes) is 3. The number of alkyl halides is 4. The van der Waals surface area contributed by atoms with E-state index in [4.69, 9.17) is 69.6 Å². The Morgan fingerprint density at radius 2 is 1.63 bits per heavy atom. The predicted molar refractivity (Wildman–Crippen MR) is 87.2 cm³/mol. The molecule has 1 saturated carbocycles. The highest BCUT2D eigenvalue weighted by Gasteiger charge is 2.77. The summed E-state index contributed by atoms with van der Waals surface area (Å²) in [6.07, 6.45) is 6.14. The lowest BCUT2D eigenvalue weighted by atomic mass is 9.87. The van der Waals surface area contributed by atoms with Gasteiger partial charge in [0.05, 0.1) is 10.1 Å².